The number of hydrogen-bond acceptors (Lipinski definition) is 7. The van der Waals surface area contributed by atoms with Gasteiger partial charge in [0.1, 0.15) is 7.85 Å². The highest BCUT2D eigenvalue weighted by Gasteiger charge is 2.41. The highest BCUT2D eigenvalue weighted by molar-refractivity contribution is 7.66. The van der Waals surface area contributed by atoms with Crippen molar-refractivity contribution in [1.29, 1.82) is 0 Å². The van der Waals surface area contributed by atoms with Crippen molar-refractivity contribution in [3.8, 4) is 0 Å². The summed E-state index contributed by atoms with van der Waals surface area (Å²) in [5.41, 5.74) is 0. The van der Waals surface area contributed by atoms with Crippen LogP contribution in [0.15, 0.2) is 0 Å². The van der Waals surface area contributed by atoms with Crippen LogP contribution in [0.2, 0.25) is 0 Å². The molecule has 0 aromatic rings. The summed E-state index contributed by atoms with van der Waals surface area (Å²) in [5, 5.41) is 0. The van der Waals surface area contributed by atoms with E-state index in [9.17, 15) is 18.6 Å². The van der Waals surface area contributed by atoms with Gasteiger partial charge in [-0.15, -0.1) is 0 Å². The summed E-state index contributed by atoms with van der Waals surface area (Å²) in [6, 6.07) is -0.561. The first-order chi connectivity index (χ1) is 9.30. The van der Waals surface area contributed by atoms with Crippen molar-refractivity contribution in [3.63, 3.8) is 0 Å². The smallest absolute Gasteiger partial charge is 0.382 e. The van der Waals surface area contributed by atoms with E-state index in [2.05, 4.69) is 13.1 Å². The molecule has 122 valence electrons. The second-order valence-corrected chi connectivity index (χ2v) is 8.73. The summed E-state index contributed by atoms with van der Waals surface area (Å²) in [6.45, 7) is 1.27. The standard InChI is InChI=1S/C6H14BO11P3/c1-4-2-6(7)16-5(4)3-15-20(11,12)18-21(13,14)17-19(8,9)10/h4-6H,2-3H2,1H3,(H,11,12)(H,13,14)(H2,8,9,10)/t4?,5-,6-/m1/s1. The number of ether oxygens (including phenoxy) is 1. The molecule has 0 aliphatic carbocycles. The van der Waals surface area contributed by atoms with Crippen molar-refractivity contribution in [2.45, 2.75) is 25.5 Å². The summed E-state index contributed by atoms with van der Waals surface area (Å²) < 4.78 is 49.6. The fourth-order valence-corrected chi connectivity index (χ4v) is 4.64. The Balaban J connectivity index is 2.56. The zero-order valence-corrected chi connectivity index (χ0v) is 13.4. The van der Waals surface area contributed by atoms with E-state index in [0.717, 1.165) is 0 Å². The second kappa shape index (κ2) is 6.90. The second-order valence-electron chi connectivity index (χ2n) is 4.31. The number of phosphoric acid groups is 3. The first kappa shape index (κ1) is 19.5. The molecule has 0 bridgehead atoms. The van der Waals surface area contributed by atoms with Crippen LogP contribution in [0, 0.1) is 5.92 Å². The third-order valence-corrected chi connectivity index (χ3v) is 6.21. The summed E-state index contributed by atoms with van der Waals surface area (Å²) in [6.07, 6.45) is -0.144. The van der Waals surface area contributed by atoms with Gasteiger partial charge in [-0.1, -0.05) is 6.92 Å². The molecule has 4 N–H and O–H groups in total. The molecule has 1 rings (SSSR count). The molecule has 2 radical (unpaired) electrons. The van der Waals surface area contributed by atoms with Crippen molar-refractivity contribution in [2.75, 3.05) is 6.61 Å². The Kier molecular flexibility index (Phi) is 6.41. The zero-order chi connectivity index (χ0) is 16.5. The van der Waals surface area contributed by atoms with E-state index in [-0.39, 0.29) is 5.92 Å². The molecule has 21 heavy (non-hydrogen) atoms. The van der Waals surface area contributed by atoms with Crippen molar-refractivity contribution in [1.82, 2.24) is 0 Å². The predicted molar refractivity (Wildman–Crippen MR) is 68.0 cm³/mol. The molecule has 1 fully saturated rings. The molecule has 0 aromatic heterocycles. The molecular formula is C6H14BO11P3. The zero-order valence-electron chi connectivity index (χ0n) is 10.7. The Morgan fingerprint density at radius 3 is 2.14 bits per heavy atom. The lowest BCUT2D eigenvalue weighted by Crippen LogP contribution is -2.21. The van der Waals surface area contributed by atoms with Gasteiger partial charge >= 0.3 is 23.5 Å². The average molecular weight is 366 g/mol. The fourth-order valence-electron chi connectivity index (χ4n) is 1.61. The van der Waals surface area contributed by atoms with Gasteiger partial charge in [0.25, 0.3) is 0 Å². The normalized spacial score (nSPS) is 32.5. The Hall–Kier alpha value is 0.435. The van der Waals surface area contributed by atoms with Gasteiger partial charge in [0.15, 0.2) is 0 Å². The van der Waals surface area contributed by atoms with Crippen LogP contribution < -0.4 is 0 Å². The van der Waals surface area contributed by atoms with Gasteiger partial charge < -0.3 is 24.3 Å². The van der Waals surface area contributed by atoms with Gasteiger partial charge in [-0.25, -0.2) is 13.7 Å². The summed E-state index contributed by atoms with van der Waals surface area (Å²) >= 11 is 0. The molecule has 1 heterocycles. The van der Waals surface area contributed by atoms with E-state index in [0.29, 0.717) is 6.42 Å². The van der Waals surface area contributed by atoms with Gasteiger partial charge in [-0.05, 0) is 12.3 Å². The molecular weight excluding hydrogens is 352 g/mol. The van der Waals surface area contributed by atoms with Crippen LogP contribution in [0.25, 0.3) is 0 Å². The Labute approximate surface area is 121 Å². The molecule has 1 saturated heterocycles. The topological polar surface area (TPSA) is 169 Å². The van der Waals surface area contributed by atoms with Crippen molar-refractivity contribution in [3.05, 3.63) is 0 Å². The minimum Gasteiger partial charge on any atom is -0.382 e. The quantitative estimate of drug-likeness (QED) is 0.360. The van der Waals surface area contributed by atoms with Crippen LogP contribution >= 0.6 is 23.5 Å². The molecule has 3 unspecified atom stereocenters. The molecule has 0 aromatic carbocycles. The van der Waals surface area contributed by atoms with Crippen LogP contribution in [0.1, 0.15) is 13.3 Å². The van der Waals surface area contributed by atoms with Crippen molar-refractivity contribution >= 4 is 31.3 Å². The van der Waals surface area contributed by atoms with Gasteiger partial charge in [0, 0.05) is 6.00 Å². The molecule has 0 amide bonds. The van der Waals surface area contributed by atoms with E-state index in [1.54, 1.807) is 6.92 Å². The highest BCUT2D eigenvalue weighted by atomic mass is 31.3. The van der Waals surface area contributed by atoms with E-state index in [1.165, 1.54) is 0 Å². The average Bonchev–Trinajstić information content (AvgIpc) is 2.48. The van der Waals surface area contributed by atoms with Crippen LogP contribution in [0.5, 0.6) is 0 Å². The minimum atomic E-state index is -5.49. The number of rotatable bonds is 7. The maximum Gasteiger partial charge on any atom is 0.490 e. The minimum absolute atomic E-state index is 0.0905. The van der Waals surface area contributed by atoms with Crippen LogP contribution in [-0.4, -0.2) is 46.1 Å². The number of phosphoric ester groups is 1. The van der Waals surface area contributed by atoms with E-state index < -0.39 is 42.2 Å². The van der Waals surface area contributed by atoms with Crippen molar-refractivity contribution < 1.29 is 51.2 Å². The molecule has 11 nitrogen and oxygen atoms in total. The highest BCUT2D eigenvalue weighted by Crippen LogP contribution is 2.66. The Bertz CT molecular complexity index is 504. The molecule has 15 heteroatoms. The summed E-state index contributed by atoms with van der Waals surface area (Å²) in [7, 11) is -10.5. The Morgan fingerprint density at radius 1 is 1.14 bits per heavy atom. The third kappa shape index (κ3) is 7.50. The van der Waals surface area contributed by atoms with E-state index in [4.69, 9.17) is 27.3 Å². The first-order valence-electron chi connectivity index (χ1n) is 5.49. The van der Waals surface area contributed by atoms with Gasteiger partial charge in [0.05, 0.1) is 12.7 Å². The fraction of sp³-hybridized carbons (Fsp3) is 1.00. The molecule has 5 atom stereocenters. The third-order valence-electron chi connectivity index (χ3n) is 2.41. The van der Waals surface area contributed by atoms with Gasteiger partial charge in [-0.2, -0.15) is 8.62 Å². The lowest BCUT2D eigenvalue weighted by atomic mass is 9.92. The predicted octanol–water partition coefficient (Wildman–Crippen LogP) is 0.249. The van der Waals surface area contributed by atoms with Crippen LogP contribution in [0.3, 0.4) is 0 Å². The SMILES string of the molecule is [B][C@H]1CC(C)[C@@H](COP(=O)(O)OP(=O)(O)OP(=O)(O)O)O1. The van der Waals surface area contributed by atoms with Gasteiger partial charge in [0.2, 0.25) is 0 Å². The van der Waals surface area contributed by atoms with Crippen LogP contribution in [-0.2, 0) is 31.6 Å². The Morgan fingerprint density at radius 2 is 1.71 bits per heavy atom. The molecule has 0 saturated carbocycles. The van der Waals surface area contributed by atoms with E-state index in [1.807, 2.05) is 0 Å². The lowest BCUT2D eigenvalue weighted by Gasteiger charge is -2.19. The van der Waals surface area contributed by atoms with Gasteiger partial charge in [-0.3, -0.25) is 4.52 Å². The number of hydrogen-bond donors (Lipinski definition) is 4. The maximum atomic E-state index is 11.4. The monoisotopic (exact) mass is 366 g/mol. The largest absolute Gasteiger partial charge is 0.490 e. The van der Waals surface area contributed by atoms with Crippen molar-refractivity contribution in [2.24, 2.45) is 5.92 Å². The summed E-state index contributed by atoms with van der Waals surface area (Å²) in [4.78, 5) is 34.8. The van der Waals surface area contributed by atoms with E-state index >= 15 is 0 Å². The molecule has 0 spiro atoms. The first-order valence-corrected chi connectivity index (χ1v) is 10.0. The maximum absolute atomic E-state index is 11.4. The lowest BCUT2D eigenvalue weighted by molar-refractivity contribution is 0.0271. The summed E-state index contributed by atoms with van der Waals surface area (Å²) in [5.74, 6) is -0.0905. The van der Waals surface area contributed by atoms with Crippen LogP contribution in [0.4, 0.5) is 0 Å². The molecule has 1 aliphatic rings. The molecule has 1 aliphatic heterocycles.